The maximum atomic E-state index is 13.6. The van der Waals surface area contributed by atoms with Gasteiger partial charge < -0.3 is 10.2 Å². The van der Waals surface area contributed by atoms with E-state index in [0.29, 0.717) is 23.2 Å². The third kappa shape index (κ3) is 4.69. The minimum absolute atomic E-state index is 0.0436. The van der Waals surface area contributed by atoms with E-state index in [1.165, 1.54) is 12.5 Å². The summed E-state index contributed by atoms with van der Waals surface area (Å²) in [7, 11) is 0. The lowest BCUT2D eigenvalue weighted by atomic mass is 10.1. The summed E-state index contributed by atoms with van der Waals surface area (Å²) in [6.07, 6.45) is 3.85. The summed E-state index contributed by atoms with van der Waals surface area (Å²) < 4.78 is 13.6. The molecule has 0 unspecified atom stereocenters. The van der Waals surface area contributed by atoms with Gasteiger partial charge in [-0.25, -0.2) is 4.39 Å². The van der Waals surface area contributed by atoms with Crippen molar-refractivity contribution in [1.29, 1.82) is 0 Å². The fourth-order valence-corrected chi connectivity index (χ4v) is 3.15. The molecule has 5 heteroatoms. The molecule has 1 saturated heterocycles. The Morgan fingerprint density at radius 1 is 0.962 bits per heavy atom. The van der Waals surface area contributed by atoms with E-state index in [1.807, 2.05) is 4.90 Å². The second-order valence-corrected chi connectivity index (χ2v) is 6.57. The first-order chi connectivity index (χ1) is 12.6. The zero-order valence-electron chi connectivity index (χ0n) is 14.7. The molecule has 1 aliphatic heterocycles. The number of anilines is 1. The van der Waals surface area contributed by atoms with Crippen LogP contribution in [0.1, 0.15) is 41.6 Å². The summed E-state index contributed by atoms with van der Waals surface area (Å²) in [6.45, 7) is 1.63. The topological polar surface area (TPSA) is 49.4 Å². The number of hydrogen-bond donors (Lipinski definition) is 1. The van der Waals surface area contributed by atoms with Gasteiger partial charge in [0.25, 0.3) is 5.91 Å². The van der Waals surface area contributed by atoms with Gasteiger partial charge in [-0.05, 0) is 61.6 Å². The Labute approximate surface area is 153 Å². The first kappa shape index (κ1) is 18.1. The Kier molecular flexibility index (Phi) is 6.00. The minimum Gasteiger partial charge on any atom is -0.339 e. The number of piperidine rings is 1. The molecule has 0 atom stereocenters. The van der Waals surface area contributed by atoms with Gasteiger partial charge in [-0.15, -0.1) is 0 Å². The van der Waals surface area contributed by atoms with Crippen molar-refractivity contribution >= 4 is 17.5 Å². The predicted octanol–water partition coefficient (Wildman–Crippen LogP) is 4.02. The summed E-state index contributed by atoms with van der Waals surface area (Å²) in [5.41, 5.74) is 1.81. The van der Waals surface area contributed by atoms with Crippen LogP contribution in [0.25, 0.3) is 0 Å². The summed E-state index contributed by atoms with van der Waals surface area (Å²) in [4.78, 5) is 26.4. The van der Waals surface area contributed by atoms with Gasteiger partial charge in [-0.2, -0.15) is 0 Å². The predicted molar refractivity (Wildman–Crippen MR) is 99.5 cm³/mol. The first-order valence-electron chi connectivity index (χ1n) is 9.06. The summed E-state index contributed by atoms with van der Waals surface area (Å²) in [5.74, 6) is -0.425. The second kappa shape index (κ2) is 8.61. The lowest BCUT2D eigenvalue weighted by Gasteiger charge is -2.26. The highest BCUT2D eigenvalue weighted by atomic mass is 19.1. The number of rotatable bonds is 5. The molecule has 0 saturated carbocycles. The average Bonchev–Trinajstić information content (AvgIpc) is 2.68. The van der Waals surface area contributed by atoms with Gasteiger partial charge in [0.05, 0.1) is 0 Å². The van der Waals surface area contributed by atoms with E-state index >= 15 is 0 Å². The number of hydrogen-bond acceptors (Lipinski definition) is 2. The van der Waals surface area contributed by atoms with Gasteiger partial charge in [-0.3, -0.25) is 9.59 Å². The molecule has 1 fully saturated rings. The number of benzene rings is 2. The van der Waals surface area contributed by atoms with E-state index in [1.54, 1.807) is 42.5 Å². The number of nitrogens with zero attached hydrogens (tertiary/aromatic N) is 1. The van der Waals surface area contributed by atoms with E-state index in [9.17, 15) is 14.0 Å². The van der Waals surface area contributed by atoms with Gasteiger partial charge in [0.1, 0.15) is 5.82 Å². The Bertz CT molecular complexity index is 768. The monoisotopic (exact) mass is 354 g/mol. The van der Waals surface area contributed by atoms with Crippen molar-refractivity contribution in [2.45, 2.75) is 32.1 Å². The summed E-state index contributed by atoms with van der Waals surface area (Å²) in [5, 5.41) is 2.79. The van der Waals surface area contributed by atoms with Gasteiger partial charge in [0.15, 0.2) is 0 Å². The molecule has 0 radical (unpaired) electrons. The number of carbonyl (C=O) groups excluding carboxylic acids is 2. The number of carbonyl (C=O) groups is 2. The van der Waals surface area contributed by atoms with E-state index < -0.39 is 0 Å². The third-order valence-corrected chi connectivity index (χ3v) is 4.64. The summed E-state index contributed by atoms with van der Waals surface area (Å²) in [6, 6.07) is 13.4. The van der Waals surface area contributed by atoms with Crippen LogP contribution in [0, 0.1) is 5.82 Å². The smallest absolute Gasteiger partial charge is 0.253 e. The highest BCUT2D eigenvalue weighted by Gasteiger charge is 2.18. The molecule has 2 aromatic rings. The SMILES string of the molecule is O=C(CCc1ccccc1F)Nc1ccc(C(=O)N2CCCCC2)cc1. The largest absolute Gasteiger partial charge is 0.339 e. The van der Waals surface area contributed by atoms with Crippen molar-refractivity contribution in [2.75, 3.05) is 18.4 Å². The Morgan fingerprint density at radius 2 is 1.65 bits per heavy atom. The summed E-state index contributed by atoms with van der Waals surface area (Å²) >= 11 is 0. The molecule has 0 aliphatic carbocycles. The molecule has 0 spiro atoms. The number of likely N-dealkylation sites (tertiary alicyclic amines) is 1. The number of nitrogens with one attached hydrogen (secondary N) is 1. The highest BCUT2D eigenvalue weighted by molar-refractivity contribution is 5.95. The van der Waals surface area contributed by atoms with Gasteiger partial charge in [-0.1, -0.05) is 18.2 Å². The van der Waals surface area contributed by atoms with Crippen LogP contribution >= 0.6 is 0 Å². The zero-order chi connectivity index (χ0) is 18.4. The molecule has 2 aromatic carbocycles. The normalized spacial score (nSPS) is 14.1. The molecule has 3 rings (SSSR count). The molecular weight excluding hydrogens is 331 g/mol. The molecule has 1 aliphatic rings. The van der Waals surface area contributed by atoms with Crippen LogP contribution in [-0.4, -0.2) is 29.8 Å². The molecule has 1 heterocycles. The van der Waals surface area contributed by atoms with Crippen molar-refractivity contribution in [3.63, 3.8) is 0 Å². The third-order valence-electron chi connectivity index (χ3n) is 4.64. The van der Waals surface area contributed by atoms with Crippen LogP contribution < -0.4 is 5.32 Å². The van der Waals surface area contributed by atoms with Crippen LogP contribution in [0.3, 0.4) is 0 Å². The molecule has 2 amide bonds. The van der Waals surface area contributed by atoms with Crippen molar-refractivity contribution in [2.24, 2.45) is 0 Å². The molecule has 4 nitrogen and oxygen atoms in total. The van der Waals surface area contributed by atoms with Crippen molar-refractivity contribution in [3.05, 3.63) is 65.5 Å². The van der Waals surface area contributed by atoms with Crippen LogP contribution in [-0.2, 0) is 11.2 Å². The molecule has 136 valence electrons. The average molecular weight is 354 g/mol. The second-order valence-electron chi connectivity index (χ2n) is 6.57. The lowest BCUT2D eigenvalue weighted by molar-refractivity contribution is -0.116. The van der Waals surface area contributed by atoms with Crippen LogP contribution in [0.5, 0.6) is 0 Å². The number of amides is 2. The minimum atomic E-state index is -0.291. The maximum absolute atomic E-state index is 13.6. The van der Waals surface area contributed by atoms with Gasteiger partial charge in [0, 0.05) is 30.8 Å². The fourth-order valence-electron chi connectivity index (χ4n) is 3.15. The van der Waals surface area contributed by atoms with Crippen LogP contribution in [0.15, 0.2) is 48.5 Å². The quantitative estimate of drug-likeness (QED) is 0.881. The number of halogens is 1. The van der Waals surface area contributed by atoms with E-state index in [4.69, 9.17) is 0 Å². The van der Waals surface area contributed by atoms with E-state index in [-0.39, 0.29) is 24.1 Å². The molecule has 26 heavy (non-hydrogen) atoms. The standard InChI is InChI=1S/C21H23FN2O2/c22-19-7-3-2-6-16(19)10-13-20(25)23-18-11-8-17(9-12-18)21(26)24-14-4-1-5-15-24/h2-3,6-9,11-12H,1,4-5,10,13-15H2,(H,23,25). The van der Waals surface area contributed by atoms with E-state index in [0.717, 1.165) is 25.9 Å². The Hall–Kier alpha value is -2.69. The Balaban J connectivity index is 1.52. The molecule has 0 bridgehead atoms. The van der Waals surface area contributed by atoms with Crippen LogP contribution in [0.4, 0.5) is 10.1 Å². The number of aryl methyl sites for hydroxylation is 1. The Morgan fingerprint density at radius 3 is 2.35 bits per heavy atom. The van der Waals surface area contributed by atoms with Crippen molar-refractivity contribution in [3.8, 4) is 0 Å². The van der Waals surface area contributed by atoms with Gasteiger partial charge in [0.2, 0.25) is 5.91 Å². The molecule has 0 aromatic heterocycles. The molecule has 1 N–H and O–H groups in total. The fraction of sp³-hybridized carbons (Fsp3) is 0.333. The highest BCUT2D eigenvalue weighted by Crippen LogP contribution is 2.16. The van der Waals surface area contributed by atoms with Crippen molar-refractivity contribution < 1.29 is 14.0 Å². The lowest BCUT2D eigenvalue weighted by Crippen LogP contribution is -2.35. The van der Waals surface area contributed by atoms with E-state index in [2.05, 4.69) is 5.32 Å². The van der Waals surface area contributed by atoms with Crippen LogP contribution in [0.2, 0.25) is 0 Å². The van der Waals surface area contributed by atoms with Gasteiger partial charge >= 0.3 is 0 Å². The first-order valence-corrected chi connectivity index (χ1v) is 9.06. The molecular formula is C21H23FN2O2. The maximum Gasteiger partial charge on any atom is 0.253 e. The van der Waals surface area contributed by atoms with Crippen molar-refractivity contribution in [1.82, 2.24) is 4.90 Å². The zero-order valence-corrected chi connectivity index (χ0v) is 14.7.